The van der Waals surface area contributed by atoms with Crippen molar-refractivity contribution in [3.05, 3.63) is 11.9 Å². The number of halogens is 1. The van der Waals surface area contributed by atoms with Gasteiger partial charge >= 0.3 is 5.97 Å². The summed E-state index contributed by atoms with van der Waals surface area (Å²) in [5.41, 5.74) is 0.897. The molecule has 0 aromatic heterocycles. The lowest BCUT2D eigenvalue weighted by Crippen LogP contribution is -2.24. The van der Waals surface area contributed by atoms with E-state index in [1.165, 1.54) is 6.42 Å². The van der Waals surface area contributed by atoms with Crippen molar-refractivity contribution in [2.45, 2.75) is 26.2 Å². The molecule has 1 N–H and O–H groups in total. The van der Waals surface area contributed by atoms with Gasteiger partial charge in [-0.3, -0.25) is 4.79 Å². The third-order valence-corrected chi connectivity index (χ3v) is 2.35. The number of hydrogen-bond acceptors (Lipinski definition) is 3. The zero-order chi connectivity index (χ0) is 10.6. The van der Waals surface area contributed by atoms with E-state index in [0.29, 0.717) is 0 Å². The van der Waals surface area contributed by atoms with E-state index in [1.54, 1.807) is 0 Å². The van der Waals surface area contributed by atoms with Crippen LogP contribution in [0.1, 0.15) is 26.2 Å². The minimum Gasteiger partial charge on any atom is -0.481 e. The van der Waals surface area contributed by atoms with Crippen molar-refractivity contribution >= 4 is 23.0 Å². The highest BCUT2D eigenvalue weighted by molar-refractivity contribution is 8.93. The molecule has 0 bridgehead atoms. The second kappa shape index (κ2) is 6.71. The number of unbranched alkanes of at least 4 members (excludes halogenated alkanes) is 1. The van der Waals surface area contributed by atoms with Crippen LogP contribution in [0.15, 0.2) is 11.9 Å². The summed E-state index contributed by atoms with van der Waals surface area (Å²) >= 11 is 0. The predicted molar refractivity (Wildman–Crippen MR) is 64.9 cm³/mol. The molecule has 5 heteroatoms. The summed E-state index contributed by atoms with van der Waals surface area (Å²) in [7, 11) is 1.93. The van der Waals surface area contributed by atoms with Gasteiger partial charge in [-0.15, -0.1) is 17.0 Å². The fraction of sp³-hybridized carbons (Fsp3) is 0.700. The Labute approximate surface area is 101 Å². The summed E-state index contributed by atoms with van der Waals surface area (Å²) in [6, 6.07) is 0. The molecule has 0 amide bonds. The van der Waals surface area contributed by atoms with E-state index in [2.05, 4.69) is 11.8 Å². The summed E-state index contributed by atoms with van der Waals surface area (Å²) in [6.07, 6.45) is 4.41. The van der Waals surface area contributed by atoms with Crippen LogP contribution in [0.5, 0.6) is 0 Å². The first-order valence-electron chi connectivity index (χ1n) is 5.01. The molecular weight excluding hydrogens is 260 g/mol. The van der Waals surface area contributed by atoms with Crippen LogP contribution in [-0.2, 0) is 4.79 Å². The van der Waals surface area contributed by atoms with Crippen LogP contribution in [-0.4, -0.2) is 41.1 Å². The normalized spacial score (nSPS) is 14.9. The lowest BCUT2D eigenvalue weighted by molar-refractivity contribution is -0.136. The Morgan fingerprint density at radius 1 is 1.60 bits per heavy atom. The Kier molecular flexibility index (Phi) is 6.40. The quantitative estimate of drug-likeness (QED) is 0.834. The van der Waals surface area contributed by atoms with Gasteiger partial charge in [0, 0.05) is 25.5 Å². The van der Waals surface area contributed by atoms with Gasteiger partial charge in [0.05, 0.1) is 13.1 Å². The van der Waals surface area contributed by atoms with Crippen molar-refractivity contribution in [2.75, 3.05) is 20.3 Å². The first kappa shape index (κ1) is 14.3. The monoisotopic (exact) mass is 278 g/mol. The standard InChI is InChI=1S/C10H18N2O2.BrH/c1-3-4-5-12-7-9(6-10(13)14)11(2)8-12;/h7H,3-6,8H2,1-2H3,(H,13,14);1H. The second-order valence-electron chi connectivity index (χ2n) is 3.70. The molecule has 0 radical (unpaired) electrons. The van der Waals surface area contributed by atoms with Crippen LogP contribution in [0, 0.1) is 0 Å². The molecule has 0 unspecified atom stereocenters. The smallest absolute Gasteiger partial charge is 0.309 e. The van der Waals surface area contributed by atoms with Gasteiger partial charge in [0.2, 0.25) is 0 Å². The molecule has 88 valence electrons. The molecule has 0 atom stereocenters. The molecular formula is C10H19BrN2O2. The van der Waals surface area contributed by atoms with Crippen molar-refractivity contribution < 1.29 is 9.90 Å². The third kappa shape index (κ3) is 4.55. The van der Waals surface area contributed by atoms with Crippen LogP contribution >= 0.6 is 17.0 Å². The Morgan fingerprint density at radius 3 is 2.80 bits per heavy atom. The summed E-state index contributed by atoms with van der Waals surface area (Å²) in [5.74, 6) is -0.763. The largest absolute Gasteiger partial charge is 0.481 e. The van der Waals surface area contributed by atoms with Crippen molar-refractivity contribution in [3.63, 3.8) is 0 Å². The molecule has 1 aliphatic rings. The molecule has 0 aromatic carbocycles. The molecule has 1 aliphatic heterocycles. The van der Waals surface area contributed by atoms with Crippen LogP contribution < -0.4 is 0 Å². The Morgan fingerprint density at radius 2 is 2.27 bits per heavy atom. The molecule has 1 heterocycles. The summed E-state index contributed by atoms with van der Waals surface area (Å²) < 4.78 is 0. The second-order valence-corrected chi connectivity index (χ2v) is 3.70. The van der Waals surface area contributed by atoms with Crippen molar-refractivity contribution in [1.29, 1.82) is 0 Å². The van der Waals surface area contributed by atoms with Crippen LogP contribution in [0.2, 0.25) is 0 Å². The van der Waals surface area contributed by atoms with Gasteiger partial charge in [-0.2, -0.15) is 0 Å². The Bertz CT molecular complexity index is 244. The summed E-state index contributed by atoms with van der Waals surface area (Å²) in [4.78, 5) is 14.7. The molecule has 0 saturated carbocycles. The maximum atomic E-state index is 10.5. The van der Waals surface area contributed by atoms with Gasteiger partial charge in [0.25, 0.3) is 0 Å². The first-order chi connectivity index (χ1) is 6.63. The lowest BCUT2D eigenvalue weighted by Gasteiger charge is -2.18. The van der Waals surface area contributed by atoms with E-state index < -0.39 is 5.97 Å². The van der Waals surface area contributed by atoms with E-state index in [1.807, 2.05) is 18.1 Å². The maximum Gasteiger partial charge on any atom is 0.309 e. The van der Waals surface area contributed by atoms with E-state index in [4.69, 9.17) is 5.11 Å². The highest BCUT2D eigenvalue weighted by Crippen LogP contribution is 2.16. The van der Waals surface area contributed by atoms with Gasteiger partial charge in [0.1, 0.15) is 0 Å². The molecule has 0 spiro atoms. The topological polar surface area (TPSA) is 43.8 Å². The number of rotatable bonds is 5. The van der Waals surface area contributed by atoms with E-state index in [9.17, 15) is 4.79 Å². The molecule has 0 fully saturated rings. The highest BCUT2D eigenvalue weighted by atomic mass is 79.9. The summed E-state index contributed by atoms with van der Waals surface area (Å²) in [5, 5.41) is 8.67. The van der Waals surface area contributed by atoms with Crippen LogP contribution in [0.3, 0.4) is 0 Å². The third-order valence-electron chi connectivity index (χ3n) is 2.35. The fourth-order valence-corrected chi connectivity index (χ4v) is 1.55. The molecule has 4 nitrogen and oxygen atoms in total. The Balaban J connectivity index is 0.00000196. The summed E-state index contributed by atoms with van der Waals surface area (Å²) in [6.45, 7) is 3.99. The van der Waals surface area contributed by atoms with Crippen LogP contribution in [0.25, 0.3) is 0 Å². The fourth-order valence-electron chi connectivity index (χ4n) is 1.55. The van der Waals surface area contributed by atoms with E-state index in [-0.39, 0.29) is 23.4 Å². The van der Waals surface area contributed by atoms with Crippen LogP contribution in [0.4, 0.5) is 0 Å². The highest BCUT2D eigenvalue weighted by Gasteiger charge is 2.18. The minimum atomic E-state index is -0.763. The van der Waals surface area contributed by atoms with Crippen molar-refractivity contribution in [3.8, 4) is 0 Å². The van der Waals surface area contributed by atoms with Gasteiger partial charge in [-0.25, -0.2) is 0 Å². The zero-order valence-electron chi connectivity index (χ0n) is 9.27. The van der Waals surface area contributed by atoms with Gasteiger partial charge in [-0.05, 0) is 6.42 Å². The number of carboxylic acids is 1. The predicted octanol–water partition coefficient (Wildman–Crippen LogP) is 1.89. The number of hydrogen-bond donors (Lipinski definition) is 1. The lowest BCUT2D eigenvalue weighted by atomic mass is 10.3. The minimum absolute atomic E-state index is 0. The first-order valence-corrected chi connectivity index (χ1v) is 5.01. The number of carbonyl (C=O) groups is 1. The van der Waals surface area contributed by atoms with E-state index in [0.717, 1.165) is 25.3 Å². The van der Waals surface area contributed by atoms with Crippen molar-refractivity contribution in [1.82, 2.24) is 9.80 Å². The van der Waals surface area contributed by atoms with Crippen molar-refractivity contribution in [2.24, 2.45) is 0 Å². The molecule has 0 aromatic rings. The number of aliphatic carboxylic acids is 1. The van der Waals surface area contributed by atoms with Gasteiger partial charge < -0.3 is 14.9 Å². The number of carboxylic acid groups (broad SMARTS) is 1. The average Bonchev–Trinajstić information content (AvgIpc) is 2.43. The van der Waals surface area contributed by atoms with Gasteiger partial charge in [-0.1, -0.05) is 13.3 Å². The molecule has 0 saturated heterocycles. The number of nitrogens with zero attached hydrogens (tertiary/aromatic N) is 2. The zero-order valence-corrected chi connectivity index (χ0v) is 11.0. The molecule has 15 heavy (non-hydrogen) atoms. The maximum absolute atomic E-state index is 10.5. The van der Waals surface area contributed by atoms with E-state index >= 15 is 0 Å². The van der Waals surface area contributed by atoms with Gasteiger partial charge in [0.15, 0.2) is 0 Å². The SMILES string of the molecule is Br.CCCCN1C=C(CC(=O)O)N(C)C1. The molecule has 0 aliphatic carbocycles. The Hall–Kier alpha value is -0.710. The molecule has 1 rings (SSSR count). The average molecular weight is 279 g/mol.